The molecule has 0 fully saturated rings. The highest BCUT2D eigenvalue weighted by Crippen LogP contribution is 2.13. The summed E-state index contributed by atoms with van der Waals surface area (Å²) in [5, 5.41) is 0. The summed E-state index contributed by atoms with van der Waals surface area (Å²) in [5.74, 6) is 0. The number of hydrogen-bond donors (Lipinski definition) is 1. The van der Waals surface area contributed by atoms with Crippen molar-refractivity contribution in [3.05, 3.63) is 35.4 Å². The van der Waals surface area contributed by atoms with Crippen LogP contribution in [0.4, 0.5) is 0 Å². The number of rotatable bonds is 6. The molecule has 0 spiro atoms. The highest BCUT2D eigenvalue weighted by Gasteiger charge is 2.09. The molecule has 2 heteroatoms. The van der Waals surface area contributed by atoms with Gasteiger partial charge in [0.05, 0.1) is 0 Å². The van der Waals surface area contributed by atoms with Gasteiger partial charge in [-0.15, -0.1) is 0 Å². The first kappa shape index (κ1) is 13.2. The maximum atomic E-state index is 5.64. The molecule has 0 saturated heterocycles. The minimum Gasteiger partial charge on any atom is -0.330 e. The largest absolute Gasteiger partial charge is 0.330 e. The van der Waals surface area contributed by atoms with Gasteiger partial charge in [0, 0.05) is 12.6 Å². The Balaban J connectivity index is 2.78. The van der Waals surface area contributed by atoms with E-state index >= 15 is 0 Å². The predicted octanol–water partition coefficient (Wildman–Crippen LogP) is 2.42. The zero-order valence-corrected chi connectivity index (χ0v) is 10.7. The Bertz CT molecular complexity index is 307. The fourth-order valence-corrected chi connectivity index (χ4v) is 1.99. The van der Waals surface area contributed by atoms with Gasteiger partial charge in [-0.2, -0.15) is 0 Å². The van der Waals surface area contributed by atoms with Crippen molar-refractivity contribution in [2.75, 3.05) is 13.1 Å². The maximum Gasteiger partial charge on any atom is 0.0239 e. The second-order valence-corrected chi connectivity index (χ2v) is 4.46. The van der Waals surface area contributed by atoms with Crippen LogP contribution < -0.4 is 5.73 Å². The van der Waals surface area contributed by atoms with Gasteiger partial charge in [0.1, 0.15) is 0 Å². The Morgan fingerprint density at radius 3 is 2.31 bits per heavy atom. The van der Waals surface area contributed by atoms with Gasteiger partial charge < -0.3 is 5.73 Å². The second kappa shape index (κ2) is 6.66. The van der Waals surface area contributed by atoms with Crippen molar-refractivity contribution in [1.82, 2.24) is 4.90 Å². The lowest BCUT2D eigenvalue weighted by atomic mass is 10.0. The molecule has 90 valence electrons. The molecule has 0 amide bonds. The minimum absolute atomic E-state index is 0.593. The van der Waals surface area contributed by atoms with Crippen molar-refractivity contribution >= 4 is 0 Å². The molecule has 2 N–H and O–H groups in total. The van der Waals surface area contributed by atoms with E-state index in [1.807, 2.05) is 0 Å². The highest BCUT2D eigenvalue weighted by atomic mass is 15.1. The number of nitrogens with two attached hydrogens (primary N) is 1. The van der Waals surface area contributed by atoms with Gasteiger partial charge in [0.15, 0.2) is 0 Å². The molecular formula is C14H24N2. The topological polar surface area (TPSA) is 29.3 Å². The first-order valence-corrected chi connectivity index (χ1v) is 6.20. The van der Waals surface area contributed by atoms with E-state index in [0.29, 0.717) is 6.04 Å². The summed E-state index contributed by atoms with van der Waals surface area (Å²) in [7, 11) is 0. The molecule has 0 aromatic heterocycles. The molecular weight excluding hydrogens is 196 g/mol. The monoisotopic (exact) mass is 220 g/mol. The van der Waals surface area contributed by atoms with Crippen LogP contribution >= 0.6 is 0 Å². The Morgan fingerprint density at radius 1 is 1.19 bits per heavy atom. The third-order valence-electron chi connectivity index (χ3n) is 3.04. The fraction of sp³-hybridized carbons (Fsp3) is 0.571. The molecule has 0 heterocycles. The molecule has 1 aromatic rings. The van der Waals surface area contributed by atoms with Crippen LogP contribution in [0.1, 0.15) is 31.9 Å². The third-order valence-corrected chi connectivity index (χ3v) is 3.04. The van der Waals surface area contributed by atoms with Gasteiger partial charge in [-0.3, -0.25) is 4.90 Å². The zero-order chi connectivity index (χ0) is 12.0. The van der Waals surface area contributed by atoms with Crippen LogP contribution in [0.25, 0.3) is 0 Å². The van der Waals surface area contributed by atoms with E-state index in [1.54, 1.807) is 0 Å². The molecule has 0 bridgehead atoms. The summed E-state index contributed by atoms with van der Waals surface area (Å²) in [6.45, 7) is 9.55. The molecule has 1 rings (SSSR count). The van der Waals surface area contributed by atoms with E-state index < -0.39 is 0 Å². The third kappa shape index (κ3) is 3.62. The van der Waals surface area contributed by atoms with Gasteiger partial charge in [0.2, 0.25) is 0 Å². The van der Waals surface area contributed by atoms with Gasteiger partial charge in [-0.1, -0.05) is 31.2 Å². The van der Waals surface area contributed by atoms with Crippen LogP contribution in [0.3, 0.4) is 0 Å². The summed E-state index contributed by atoms with van der Waals surface area (Å²) in [6, 6.07) is 9.21. The summed E-state index contributed by atoms with van der Waals surface area (Å²) in [4.78, 5) is 2.47. The molecule has 2 nitrogen and oxygen atoms in total. The predicted molar refractivity (Wildman–Crippen MR) is 70.4 cm³/mol. The zero-order valence-electron chi connectivity index (χ0n) is 10.7. The normalized spacial score (nSPS) is 11.4. The standard InChI is InChI=1S/C14H24N2/c1-4-16(12(2)3)11-14-8-6-5-7-13(14)9-10-15/h5-8,12H,4,9-11,15H2,1-3H3. The van der Waals surface area contributed by atoms with Crippen LogP contribution in [0.2, 0.25) is 0 Å². The van der Waals surface area contributed by atoms with Crippen molar-refractivity contribution < 1.29 is 0 Å². The Hall–Kier alpha value is -0.860. The van der Waals surface area contributed by atoms with E-state index in [0.717, 1.165) is 26.1 Å². The molecule has 0 saturated carbocycles. The lowest BCUT2D eigenvalue weighted by molar-refractivity contribution is 0.224. The Kier molecular flexibility index (Phi) is 5.50. The maximum absolute atomic E-state index is 5.64. The van der Waals surface area contributed by atoms with Crippen LogP contribution in [0.15, 0.2) is 24.3 Å². The van der Waals surface area contributed by atoms with Gasteiger partial charge in [-0.25, -0.2) is 0 Å². The second-order valence-electron chi connectivity index (χ2n) is 4.46. The molecule has 0 unspecified atom stereocenters. The quantitative estimate of drug-likeness (QED) is 0.797. The molecule has 0 aliphatic carbocycles. The molecule has 16 heavy (non-hydrogen) atoms. The summed E-state index contributed by atoms with van der Waals surface area (Å²) in [5.41, 5.74) is 8.45. The lowest BCUT2D eigenvalue weighted by Gasteiger charge is -2.25. The number of hydrogen-bond acceptors (Lipinski definition) is 2. The van der Waals surface area contributed by atoms with Crippen molar-refractivity contribution in [2.24, 2.45) is 5.73 Å². The van der Waals surface area contributed by atoms with Gasteiger partial charge in [-0.05, 0) is 44.5 Å². The Labute approximate surface area is 99.5 Å². The molecule has 0 atom stereocenters. The highest BCUT2D eigenvalue weighted by molar-refractivity contribution is 5.27. The summed E-state index contributed by atoms with van der Waals surface area (Å²) in [6.07, 6.45) is 0.978. The van der Waals surface area contributed by atoms with E-state index in [4.69, 9.17) is 5.73 Å². The number of benzene rings is 1. The fourth-order valence-electron chi connectivity index (χ4n) is 1.99. The molecule has 1 aromatic carbocycles. The van der Waals surface area contributed by atoms with E-state index in [1.165, 1.54) is 11.1 Å². The molecule has 0 radical (unpaired) electrons. The van der Waals surface area contributed by atoms with Gasteiger partial charge >= 0.3 is 0 Å². The Morgan fingerprint density at radius 2 is 1.81 bits per heavy atom. The molecule has 0 aliphatic heterocycles. The summed E-state index contributed by atoms with van der Waals surface area (Å²) >= 11 is 0. The van der Waals surface area contributed by atoms with Gasteiger partial charge in [0.25, 0.3) is 0 Å². The summed E-state index contributed by atoms with van der Waals surface area (Å²) < 4.78 is 0. The van der Waals surface area contributed by atoms with Crippen LogP contribution in [-0.2, 0) is 13.0 Å². The smallest absolute Gasteiger partial charge is 0.0239 e. The van der Waals surface area contributed by atoms with E-state index in [-0.39, 0.29) is 0 Å². The van der Waals surface area contributed by atoms with Crippen molar-refractivity contribution in [1.29, 1.82) is 0 Å². The van der Waals surface area contributed by atoms with Crippen molar-refractivity contribution in [3.8, 4) is 0 Å². The average molecular weight is 220 g/mol. The first-order chi connectivity index (χ1) is 7.69. The first-order valence-electron chi connectivity index (χ1n) is 6.20. The minimum atomic E-state index is 0.593. The van der Waals surface area contributed by atoms with E-state index in [2.05, 4.69) is 49.9 Å². The van der Waals surface area contributed by atoms with E-state index in [9.17, 15) is 0 Å². The average Bonchev–Trinajstić information content (AvgIpc) is 2.27. The lowest BCUT2D eigenvalue weighted by Crippen LogP contribution is -2.30. The van der Waals surface area contributed by atoms with Crippen molar-refractivity contribution in [2.45, 2.75) is 39.8 Å². The van der Waals surface area contributed by atoms with Crippen LogP contribution in [0.5, 0.6) is 0 Å². The van der Waals surface area contributed by atoms with Crippen LogP contribution in [0, 0.1) is 0 Å². The number of nitrogens with zero attached hydrogens (tertiary/aromatic N) is 1. The van der Waals surface area contributed by atoms with Crippen LogP contribution in [-0.4, -0.2) is 24.0 Å². The molecule has 0 aliphatic rings. The van der Waals surface area contributed by atoms with Crippen molar-refractivity contribution in [3.63, 3.8) is 0 Å². The SMILES string of the molecule is CCN(Cc1ccccc1CCN)C(C)C.